The van der Waals surface area contributed by atoms with Crippen molar-refractivity contribution in [2.45, 2.75) is 19.9 Å². The van der Waals surface area contributed by atoms with Crippen molar-refractivity contribution in [3.63, 3.8) is 0 Å². The van der Waals surface area contributed by atoms with Crippen LogP contribution in [0.2, 0.25) is 0 Å². The molecule has 0 saturated carbocycles. The van der Waals surface area contributed by atoms with Gasteiger partial charge in [-0.2, -0.15) is 0 Å². The standard InChI is InChI=1S/C25H27N3O5S/c1-16(2)23(28-24(30)21-12-7-13-34-21)25(31)27-18-9-6-8-17(14-18)26-22(29)15-33-20-11-5-4-10-19(20)32-3/h4-14,16,23H,15H2,1-3H3,(H,26,29)(H,27,31)(H,28,30). The molecule has 0 aliphatic rings. The molecule has 1 unspecified atom stereocenters. The molecule has 3 amide bonds. The van der Waals surface area contributed by atoms with E-state index < -0.39 is 6.04 Å². The van der Waals surface area contributed by atoms with Gasteiger partial charge in [0.05, 0.1) is 12.0 Å². The lowest BCUT2D eigenvalue weighted by atomic mass is 10.0. The molecule has 3 aromatic rings. The molecular weight excluding hydrogens is 454 g/mol. The molecule has 0 spiro atoms. The largest absolute Gasteiger partial charge is 0.493 e. The zero-order valence-electron chi connectivity index (χ0n) is 19.2. The number of thiophene rings is 1. The fraction of sp³-hybridized carbons (Fsp3) is 0.240. The first kappa shape index (κ1) is 24.8. The fourth-order valence-electron chi connectivity index (χ4n) is 3.13. The molecule has 0 fully saturated rings. The van der Waals surface area contributed by atoms with Gasteiger partial charge >= 0.3 is 0 Å². The van der Waals surface area contributed by atoms with Gasteiger partial charge in [-0.1, -0.05) is 38.1 Å². The van der Waals surface area contributed by atoms with Gasteiger partial charge in [0.2, 0.25) is 5.91 Å². The summed E-state index contributed by atoms with van der Waals surface area (Å²) in [6.07, 6.45) is 0. The van der Waals surface area contributed by atoms with Crippen molar-refractivity contribution in [2.75, 3.05) is 24.4 Å². The second-order valence-corrected chi connectivity index (χ2v) is 8.68. The van der Waals surface area contributed by atoms with Crippen molar-refractivity contribution < 1.29 is 23.9 Å². The van der Waals surface area contributed by atoms with Gasteiger partial charge in [-0.25, -0.2) is 0 Å². The zero-order valence-corrected chi connectivity index (χ0v) is 20.0. The van der Waals surface area contributed by atoms with E-state index in [2.05, 4.69) is 16.0 Å². The van der Waals surface area contributed by atoms with Gasteiger partial charge in [0.25, 0.3) is 11.8 Å². The van der Waals surface area contributed by atoms with E-state index in [-0.39, 0.29) is 30.2 Å². The molecule has 0 aliphatic heterocycles. The monoisotopic (exact) mass is 481 g/mol. The minimum Gasteiger partial charge on any atom is -0.493 e. The Balaban J connectivity index is 1.58. The Hall–Kier alpha value is -3.85. The number of nitrogens with one attached hydrogen (secondary N) is 3. The van der Waals surface area contributed by atoms with E-state index in [0.29, 0.717) is 27.8 Å². The third kappa shape index (κ3) is 6.82. The number of para-hydroxylation sites is 2. The van der Waals surface area contributed by atoms with E-state index in [1.165, 1.54) is 18.4 Å². The highest BCUT2D eigenvalue weighted by molar-refractivity contribution is 7.12. The first-order valence-electron chi connectivity index (χ1n) is 10.7. The summed E-state index contributed by atoms with van der Waals surface area (Å²) in [5.41, 5.74) is 0.986. The zero-order chi connectivity index (χ0) is 24.5. The molecule has 0 bridgehead atoms. The van der Waals surface area contributed by atoms with Crippen LogP contribution in [0.4, 0.5) is 11.4 Å². The Bertz CT molecular complexity index is 1130. The number of carbonyl (C=O) groups is 3. The van der Waals surface area contributed by atoms with Crippen molar-refractivity contribution in [3.05, 3.63) is 70.9 Å². The number of anilines is 2. The second-order valence-electron chi connectivity index (χ2n) is 7.73. The van der Waals surface area contributed by atoms with Crippen LogP contribution in [0.25, 0.3) is 0 Å². The van der Waals surface area contributed by atoms with Crippen LogP contribution in [0, 0.1) is 5.92 Å². The summed E-state index contributed by atoms with van der Waals surface area (Å²) >= 11 is 1.31. The van der Waals surface area contributed by atoms with Crippen molar-refractivity contribution >= 4 is 40.4 Å². The summed E-state index contributed by atoms with van der Waals surface area (Å²) in [5, 5.41) is 10.1. The number of hydrogen-bond donors (Lipinski definition) is 3. The van der Waals surface area contributed by atoms with Crippen molar-refractivity contribution in [1.82, 2.24) is 5.32 Å². The van der Waals surface area contributed by atoms with E-state index in [1.807, 2.05) is 19.9 Å². The van der Waals surface area contributed by atoms with Crippen LogP contribution in [0.1, 0.15) is 23.5 Å². The number of methoxy groups -OCH3 is 1. The Morgan fingerprint density at radius 1 is 0.912 bits per heavy atom. The molecule has 9 heteroatoms. The molecule has 0 radical (unpaired) electrons. The van der Waals surface area contributed by atoms with Crippen LogP contribution in [0.15, 0.2) is 66.0 Å². The maximum Gasteiger partial charge on any atom is 0.262 e. The molecular formula is C25H27N3O5S. The number of hydrogen-bond acceptors (Lipinski definition) is 6. The minimum absolute atomic E-state index is 0.126. The van der Waals surface area contributed by atoms with E-state index in [1.54, 1.807) is 60.0 Å². The van der Waals surface area contributed by atoms with Gasteiger partial charge < -0.3 is 25.4 Å². The number of amides is 3. The van der Waals surface area contributed by atoms with Crippen molar-refractivity contribution in [2.24, 2.45) is 5.92 Å². The Morgan fingerprint density at radius 2 is 1.62 bits per heavy atom. The average Bonchev–Trinajstić information content (AvgIpc) is 3.36. The van der Waals surface area contributed by atoms with Crippen LogP contribution >= 0.6 is 11.3 Å². The molecule has 1 aromatic heterocycles. The Morgan fingerprint density at radius 3 is 2.26 bits per heavy atom. The summed E-state index contributed by atoms with van der Waals surface area (Å²) in [6.45, 7) is 3.51. The topological polar surface area (TPSA) is 106 Å². The first-order valence-corrected chi connectivity index (χ1v) is 11.6. The quantitative estimate of drug-likeness (QED) is 0.403. The van der Waals surface area contributed by atoms with E-state index in [9.17, 15) is 14.4 Å². The lowest BCUT2D eigenvalue weighted by molar-refractivity contribution is -0.119. The molecule has 1 heterocycles. The highest BCUT2D eigenvalue weighted by atomic mass is 32.1. The molecule has 2 aromatic carbocycles. The fourth-order valence-corrected chi connectivity index (χ4v) is 3.76. The summed E-state index contributed by atoms with van der Waals surface area (Å²) in [4.78, 5) is 38.2. The van der Waals surface area contributed by atoms with Crippen LogP contribution in [0.5, 0.6) is 11.5 Å². The number of benzene rings is 2. The Kier molecular flexibility index (Phi) is 8.64. The lowest BCUT2D eigenvalue weighted by Crippen LogP contribution is -2.46. The minimum atomic E-state index is -0.720. The Labute approximate surface area is 202 Å². The van der Waals surface area contributed by atoms with Gasteiger partial charge in [0, 0.05) is 11.4 Å². The summed E-state index contributed by atoms with van der Waals surface area (Å²) in [6, 6.07) is 16.6. The van der Waals surface area contributed by atoms with E-state index in [0.717, 1.165) is 0 Å². The SMILES string of the molecule is COc1ccccc1OCC(=O)Nc1cccc(NC(=O)C(NC(=O)c2cccs2)C(C)C)c1. The highest BCUT2D eigenvalue weighted by Crippen LogP contribution is 2.25. The third-order valence-electron chi connectivity index (χ3n) is 4.82. The lowest BCUT2D eigenvalue weighted by Gasteiger charge is -2.21. The summed E-state index contributed by atoms with van der Waals surface area (Å²) < 4.78 is 10.7. The van der Waals surface area contributed by atoms with E-state index in [4.69, 9.17) is 9.47 Å². The van der Waals surface area contributed by atoms with Gasteiger partial charge in [-0.3, -0.25) is 14.4 Å². The third-order valence-corrected chi connectivity index (χ3v) is 5.69. The molecule has 0 aliphatic carbocycles. The smallest absolute Gasteiger partial charge is 0.262 e. The van der Waals surface area contributed by atoms with E-state index >= 15 is 0 Å². The molecule has 0 saturated heterocycles. The normalized spacial score (nSPS) is 11.4. The number of carbonyl (C=O) groups excluding carboxylic acids is 3. The van der Waals surface area contributed by atoms with Crippen LogP contribution in [0.3, 0.4) is 0 Å². The van der Waals surface area contributed by atoms with Gasteiger partial charge in [-0.15, -0.1) is 11.3 Å². The molecule has 178 valence electrons. The number of rotatable bonds is 10. The van der Waals surface area contributed by atoms with Gasteiger partial charge in [-0.05, 0) is 47.7 Å². The number of ether oxygens (including phenoxy) is 2. The average molecular weight is 482 g/mol. The molecule has 8 nitrogen and oxygen atoms in total. The first-order chi connectivity index (χ1) is 16.4. The molecule has 1 atom stereocenters. The maximum atomic E-state index is 12.9. The van der Waals surface area contributed by atoms with Crippen LogP contribution in [-0.2, 0) is 9.59 Å². The molecule has 34 heavy (non-hydrogen) atoms. The predicted octanol–water partition coefficient (Wildman–Crippen LogP) is 4.17. The van der Waals surface area contributed by atoms with Crippen molar-refractivity contribution in [1.29, 1.82) is 0 Å². The van der Waals surface area contributed by atoms with Crippen molar-refractivity contribution in [3.8, 4) is 11.5 Å². The van der Waals surface area contributed by atoms with Crippen LogP contribution in [-0.4, -0.2) is 37.5 Å². The summed E-state index contributed by atoms with van der Waals surface area (Å²) in [7, 11) is 1.53. The summed E-state index contributed by atoms with van der Waals surface area (Å²) in [5.74, 6) is -0.129. The van der Waals surface area contributed by atoms with Gasteiger partial charge in [0.1, 0.15) is 6.04 Å². The molecule has 3 rings (SSSR count). The van der Waals surface area contributed by atoms with Crippen LogP contribution < -0.4 is 25.4 Å². The van der Waals surface area contributed by atoms with Gasteiger partial charge in [0.15, 0.2) is 18.1 Å². The predicted molar refractivity (Wildman–Crippen MR) is 133 cm³/mol. The molecule has 3 N–H and O–H groups in total. The second kappa shape index (κ2) is 11.9. The maximum absolute atomic E-state index is 12.9. The highest BCUT2D eigenvalue weighted by Gasteiger charge is 2.25.